The van der Waals surface area contributed by atoms with Crippen LogP contribution in [0.5, 0.6) is 0 Å². The number of ether oxygens (including phenoxy) is 1. The van der Waals surface area contributed by atoms with Crippen molar-refractivity contribution in [2.75, 3.05) is 6.61 Å². The first-order valence-electron chi connectivity index (χ1n) is 5.69. The van der Waals surface area contributed by atoms with Gasteiger partial charge in [-0.1, -0.05) is 6.08 Å². The molecule has 1 amide bonds. The van der Waals surface area contributed by atoms with Crippen LogP contribution in [0.1, 0.15) is 34.1 Å². The van der Waals surface area contributed by atoms with E-state index in [1.807, 2.05) is 0 Å². The highest BCUT2D eigenvalue weighted by atomic mass is 16.5. The minimum atomic E-state index is -0.410. The summed E-state index contributed by atoms with van der Waals surface area (Å²) >= 11 is 0. The maximum Gasteiger partial charge on any atom is 0.312 e. The number of carbonyl (C=O) groups excluding carboxylic acids is 2. The fourth-order valence-corrected chi connectivity index (χ4v) is 1.14. The Morgan fingerprint density at radius 1 is 1.33 bits per heavy atom. The average molecular weight is 253 g/mol. The molecule has 0 radical (unpaired) electrons. The van der Waals surface area contributed by atoms with Crippen molar-refractivity contribution in [3.8, 4) is 0 Å². The van der Waals surface area contributed by atoms with Gasteiger partial charge in [-0.25, -0.2) is 5.43 Å². The number of allylic oxidation sites excluding steroid dienone is 2. The molecule has 0 saturated carbocycles. The van der Waals surface area contributed by atoms with Gasteiger partial charge >= 0.3 is 5.97 Å². The van der Waals surface area contributed by atoms with Gasteiger partial charge in [0, 0.05) is 13.1 Å². The van der Waals surface area contributed by atoms with E-state index in [0.29, 0.717) is 18.0 Å². The number of carbonyl (C=O) groups is 2. The summed E-state index contributed by atoms with van der Waals surface area (Å²) in [5.74, 6) is -0.723. The number of hydrogen-bond donors (Lipinski definition) is 1. The predicted octanol–water partition coefficient (Wildman–Crippen LogP) is 1.43. The van der Waals surface area contributed by atoms with Crippen LogP contribution in [0.15, 0.2) is 21.9 Å². The van der Waals surface area contributed by atoms with Crippen LogP contribution < -0.4 is 5.43 Å². The number of hydrogen-bond acceptors (Lipinski definition) is 5. The van der Waals surface area contributed by atoms with Gasteiger partial charge < -0.3 is 4.74 Å². The van der Waals surface area contributed by atoms with Crippen LogP contribution in [0.25, 0.3) is 0 Å². The van der Waals surface area contributed by atoms with Crippen LogP contribution >= 0.6 is 0 Å². The molecule has 0 atom stereocenters. The number of aliphatic imine (C=N–C) groups is 1. The van der Waals surface area contributed by atoms with Crippen LogP contribution in [0.4, 0.5) is 0 Å². The molecule has 0 bridgehead atoms. The minimum absolute atomic E-state index is 0.0366. The third-order valence-electron chi connectivity index (χ3n) is 1.80. The molecule has 0 aromatic carbocycles. The highest BCUT2D eigenvalue weighted by Gasteiger charge is 2.12. The Kier molecular flexibility index (Phi) is 8.09. The van der Waals surface area contributed by atoms with Crippen molar-refractivity contribution in [3.63, 3.8) is 0 Å². The number of esters is 1. The van der Waals surface area contributed by atoms with Crippen molar-refractivity contribution in [1.82, 2.24) is 5.43 Å². The molecule has 0 heterocycles. The maximum absolute atomic E-state index is 11.4. The Morgan fingerprint density at radius 2 is 2.00 bits per heavy atom. The van der Waals surface area contributed by atoms with E-state index < -0.39 is 5.97 Å². The number of rotatable bonds is 6. The van der Waals surface area contributed by atoms with Gasteiger partial charge in [-0.3, -0.25) is 14.6 Å². The third kappa shape index (κ3) is 6.57. The molecule has 0 aromatic rings. The number of nitrogens with one attached hydrogen (secondary N) is 1. The molecule has 100 valence electrons. The Bertz CT molecular complexity index is 384. The Morgan fingerprint density at radius 3 is 2.44 bits per heavy atom. The lowest BCUT2D eigenvalue weighted by Gasteiger charge is -2.06. The summed E-state index contributed by atoms with van der Waals surface area (Å²) in [6.45, 7) is 6.89. The number of hydrazone groups is 1. The van der Waals surface area contributed by atoms with E-state index >= 15 is 0 Å². The molecule has 0 rings (SSSR count). The maximum atomic E-state index is 11.4. The molecule has 0 unspecified atom stereocenters. The van der Waals surface area contributed by atoms with Gasteiger partial charge in [0.15, 0.2) is 0 Å². The van der Waals surface area contributed by atoms with Gasteiger partial charge in [0.25, 0.3) is 0 Å². The molecule has 0 fully saturated rings. The van der Waals surface area contributed by atoms with E-state index in [2.05, 4.69) is 15.5 Å². The van der Waals surface area contributed by atoms with Gasteiger partial charge in [-0.2, -0.15) is 5.10 Å². The number of nitrogens with zero attached hydrogens (tertiary/aromatic N) is 2. The van der Waals surface area contributed by atoms with E-state index in [0.717, 1.165) is 0 Å². The zero-order valence-corrected chi connectivity index (χ0v) is 11.2. The molecular formula is C12H19N3O3. The quantitative estimate of drug-likeness (QED) is 0.441. The summed E-state index contributed by atoms with van der Waals surface area (Å²) in [5, 5.41) is 3.87. The van der Waals surface area contributed by atoms with Crippen molar-refractivity contribution >= 4 is 23.8 Å². The van der Waals surface area contributed by atoms with E-state index in [-0.39, 0.29) is 12.3 Å². The molecule has 1 N–H and O–H groups in total. The highest BCUT2D eigenvalue weighted by Crippen LogP contribution is 2.05. The summed E-state index contributed by atoms with van der Waals surface area (Å²) in [4.78, 5) is 26.3. The molecule has 18 heavy (non-hydrogen) atoms. The van der Waals surface area contributed by atoms with Crippen molar-refractivity contribution < 1.29 is 14.3 Å². The minimum Gasteiger partial charge on any atom is -0.466 e. The zero-order chi connectivity index (χ0) is 14.0. The van der Waals surface area contributed by atoms with Crippen molar-refractivity contribution in [2.24, 2.45) is 10.1 Å². The molecule has 0 spiro atoms. The van der Waals surface area contributed by atoms with Gasteiger partial charge in [-0.05, 0) is 20.8 Å². The van der Waals surface area contributed by atoms with Gasteiger partial charge in [0.1, 0.15) is 0 Å². The lowest BCUT2D eigenvalue weighted by molar-refractivity contribution is -0.141. The van der Waals surface area contributed by atoms with Crippen molar-refractivity contribution in [1.29, 1.82) is 0 Å². The Labute approximate surface area is 107 Å². The predicted molar refractivity (Wildman–Crippen MR) is 70.4 cm³/mol. The largest absolute Gasteiger partial charge is 0.466 e. The molecule has 0 aliphatic rings. The second kappa shape index (κ2) is 9.09. The SMILES string of the molecule is CC=NC(=C\C)/C(CC(=O)OCC)=N/NC(C)=O. The monoisotopic (exact) mass is 253 g/mol. The molecular weight excluding hydrogens is 234 g/mol. The van der Waals surface area contributed by atoms with Crippen LogP contribution in [0.3, 0.4) is 0 Å². The normalized spacial score (nSPS) is 12.7. The van der Waals surface area contributed by atoms with Crippen molar-refractivity contribution in [2.45, 2.75) is 34.1 Å². The van der Waals surface area contributed by atoms with Crippen molar-refractivity contribution in [3.05, 3.63) is 11.8 Å². The first kappa shape index (κ1) is 16.0. The second-order valence-electron chi connectivity index (χ2n) is 3.27. The summed E-state index contributed by atoms with van der Waals surface area (Å²) in [6.07, 6.45) is 3.26. The third-order valence-corrected chi connectivity index (χ3v) is 1.80. The zero-order valence-electron chi connectivity index (χ0n) is 11.2. The van der Waals surface area contributed by atoms with Gasteiger partial charge in [-0.15, -0.1) is 0 Å². The summed E-state index contributed by atoms with van der Waals surface area (Å²) in [6, 6.07) is 0. The average Bonchev–Trinajstić information content (AvgIpc) is 2.32. The lowest BCUT2D eigenvalue weighted by Crippen LogP contribution is -2.19. The fourth-order valence-electron chi connectivity index (χ4n) is 1.14. The van der Waals surface area contributed by atoms with E-state index in [9.17, 15) is 9.59 Å². The van der Waals surface area contributed by atoms with Crippen LogP contribution in [0, 0.1) is 0 Å². The lowest BCUT2D eigenvalue weighted by atomic mass is 10.2. The van der Waals surface area contributed by atoms with E-state index in [1.54, 1.807) is 33.1 Å². The van der Waals surface area contributed by atoms with E-state index in [1.165, 1.54) is 6.92 Å². The van der Waals surface area contributed by atoms with Crippen LogP contribution in [-0.4, -0.2) is 30.4 Å². The topological polar surface area (TPSA) is 80.1 Å². The Balaban J connectivity index is 4.98. The van der Waals surface area contributed by atoms with Crippen LogP contribution in [-0.2, 0) is 14.3 Å². The molecule has 0 aliphatic carbocycles. The number of amides is 1. The smallest absolute Gasteiger partial charge is 0.312 e. The molecule has 0 aliphatic heterocycles. The molecule has 6 heteroatoms. The summed E-state index contributed by atoms with van der Waals surface area (Å²) in [5.41, 5.74) is 3.19. The first-order chi connectivity index (χ1) is 8.54. The van der Waals surface area contributed by atoms with Crippen LogP contribution in [0.2, 0.25) is 0 Å². The fraction of sp³-hybridized carbons (Fsp3) is 0.500. The summed E-state index contributed by atoms with van der Waals surface area (Å²) in [7, 11) is 0. The van der Waals surface area contributed by atoms with Gasteiger partial charge in [0.2, 0.25) is 5.91 Å². The second-order valence-corrected chi connectivity index (χ2v) is 3.27. The van der Waals surface area contributed by atoms with E-state index in [4.69, 9.17) is 4.74 Å². The molecule has 0 aromatic heterocycles. The Hall–Kier alpha value is -1.98. The summed E-state index contributed by atoms with van der Waals surface area (Å²) < 4.78 is 4.84. The highest BCUT2D eigenvalue weighted by molar-refractivity contribution is 6.09. The van der Waals surface area contributed by atoms with Gasteiger partial charge in [0.05, 0.1) is 24.4 Å². The first-order valence-corrected chi connectivity index (χ1v) is 5.69. The standard InChI is InChI=1S/C12H19N3O3/c1-5-10(13-6-2)11(15-14-9(4)16)8-12(17)18-7-3/h5-6H,7-8H2,1-4H3,(H,14,16)/b10-5-,13-6?,15-11+. The molecule has 0 saturated heterocycles. The molecule has 6 nitrogen and oxygen atoms in total.